The topological polar surface area (TPSA) is 118 Å². The fourth-order valence-corrected chi connectivity index (χ4v) is 1.59. The number of nitrogens with zero attached hydrogens (tertiary/aromatic N) is 3. The molecular formula is C13H11N3O5. The van der Waals surface area contributed by atoms with Crippen molar-refractivity contribution in [3.8, 4) is 17.2 Å². The minimum absolute atomic E-state index is 0.0300. The zero-order valence-electron chi connectivity index (χ0n) is 10.9. The number of aromatic hydroxyl groups is 2. The predicted molar refractivity (Wildman–Crippen MR) is 74.5 cm³/mol. The Kier molecular flexibility index (Phi) is 3.98. The van der Waals surface area contributed by atoms with E-state index in [2.05, 4.69) is 9.98 Å². The van der Waals surface area contributed by atoms with Gasteiger partial charge >= 0.3 is 0 Å². The van der Waals surface area contributed by atoms with Gasteiger partial charge in [0.25, 0.3) is 5.69 Å². The number of ether oxygens (including phenoxy) is 1. The molecule has 2 N–H and O–H groups in total. The van der Waals surface area contributed by atoms with Gasteiger partial charge in [0.05, 0.1) is 18.1 Å². The highest BCUT2D eigenvalue weighted by molar-refractivity contribution is 5.88. The summed E-state index contributed by atoms with van der Waals surface area (Å²) in [6.45, 7) is 0. The molecule has 1 aromatic carbocycles. The number of methoxy groups -OCH3 is 1. The Bertz CT molecular complexity index is 715. The van der Waals surface area contributed by atoms with Gasteiger partial charge in [0.1, 0.15) is 0 Å². The molecular weight excluding hydrogens is 278 g/mol. The standard InChI is InChI=1S/C13H11N3O5/c1-21-11-6-9(16(19)20)5-8(12(11)18)7-15-13-10(17)3-2-4-14-13/h2-7,17-18H,1H3. The molecule has 21 heavy (non-hydrogen) atoms. The van der Waals surface area contributed by atoms with Crippen LogP contribution >= 0.6 is 0 Å². The van der Waals surface area contributed by atoms with Crippen LogP contribution in [0, 0.1) is 10.1 Å². The third kappa shape index (κ3) is 3.06. The average Bonchev–Trinajstić information content (AvgIpc) is 2.47. The highest BCUT2D eigenvalue weighted by Gasteiger charge is 2.15. The molecule has 2 rings (SSSR count). The van der Waals surface area contributed by atoms with Gasteiger partial charge in [0.15, 0.2) is 23.1 Å². The zero-order chi connectivity index (χ0) is 15.4. The van der Waals surface area contributed by atoms with Crippen molar-refractivity contribution in [3.63, 3.8) is 0 Å². The van der Waals surface area contributed by atoms with E-state index in [1.807, 2.05) is 0 Å². The molecule has 0 aliphatic rings. The SMILES string of the molecule is COc1cc([N+](=O)[O-])cc(C=Nc2ncccc2O)c1O. The van der Waals surface area contributed by atoms with Crippen molar-refractivity contribution in [3.05, 3.63) is 46.1 Å². The van der Waals surface area contributed by atoms with Gasteiger partial charge in [0, 0.05) is 24.0 Å². The highest BCUT2D eigenvalue weighted by atomic mass is 16.6. The van der Waals surface area contributed by atoms with E-state index in [-0.39, 0.29) is 34.3 Å². The van der Waals surface area contributed by atoms with Crippen LogP contribution in [0.25, 0.3) is 0 Å². The van der Waals surface area contributed by atoms with E-state index in [1.54, 1.807) is 0 Å². The number of non-ortho nitro benzene ring substituents is 1. The minimum Gasteiger partial charge on any atom is -0.504 e. The molecule has 8 nitrogen and oxygen atoms in total. The Morgan fingerprint density at radius 3 is 2.81 bits per heavy atom. The molecule has 0 unspecified atom stereocenters. The molecule has 0 radical (unpaired) electrons. The molecule has 0 amide bonds. The molecule has 0 saturated carbocycles. The van der Waals surface area contributed by atoms with Gasteiger partial charge in [-0.25, -0.2) is 9.98 Å². The van der Waals surface area contributed by atoms with Crippen molar-refractivity contribution >= 4 is 17.7 Å². The molecule has 1 heterocycles. The van der Waals surface area contributed by atoms with Crippen LogP contribution in [-0.4, -0.2) is 33.4 Å². The summed E-state index contributed by atoms with van der Waals surface area (Å²) in [6, 6.07) is 5.17. The number of rotatable bonds is 4. The number of nitro benzene ring substituents is 1. The maximum atomic E-state index is 10.8. The number of pyridine rings is 1. The summed E-state index contributed by atoms with van der Waals surface area (Å²) in [7, 11) is 1.28. The largest absolute Gasteiger partial charge is 0.504 e. The molecule has 108 valence electrons. The number of phenolic OH excluding ortho intramolecular Hbond substituents is 1. The van der Waals surface area contributed by atoms with E-state index in [4.69, 9.17) is 4.74 Å². The number of hydrogen-bond acceptors (Lipinski definition) is 7. The zero-order valence-corrected chi connectivity index (χ0v) is 10.9. The van der Waals surface area contributed by atoms with E-state index in [9.17, 15) is 20.3 Å². The lowest BCUT2D eigenvalue weighted by Crippen LogP contribution is -1.94. The van der Waals surface area contributed by atoms with Crippen molar-refractivity contribution in [2.45, 2.75) is 0 Å². The van der Waals surface area contributed by atoms with Crippen LogP contribution in [0.4, 0.5) is 11.5 Å². The molecule has 0 spiro atoms. The Balaban J connectivity index is 2.46. The molecule has 0 aliphatic carbocycles. The number of hydrogen-bond donors (Lipinski definition) is 2. The first kappa shape index (κ1) is 14.3. The van der Waals surface area contributed by atoms with Gasteiger partial charge in [-0.05, 0) is 12.1 Å². The van der Waals surface area contributed by atoms with Crippen LogP contribution in [-0.2, 0) is 0 Å². The van der Waals surface area contributed by atoms with Gasteiger partial charge in [-0.3, -0.25) is 10.1 Å². The molecule has 0 fully saturated rings. The van der Waals surface area contributed by atoms with Crippen LogP contribution in [0.15, 0.2) is 35.5 Å². The Morgan fingerprint density at radius 1 is 1.43 bits per heavy atom. The Morgan fingerprint density at radius 2 is 2.19 bits per heavy atom. The molecule has 8 heteroatoms. The molecule has 1 aromatic heterocycles. The first-order valence-corrected chi connectivity index (χ1v) is 5.76. The monoisotopic (exact) mass is 289 g/mol. The molecule has 0 atom stereocenters. The summed E-state index contributed by atoms with van der Waals surface area (Å²) in [5, 5.41) is 30.3. The first-order valence-electron chi connectivity index (χ1n) is 5.76. The van der Waals surface area contributed by atoms with Gasteiger partial charge in [-0.1, -0.05) is 0 Å². The second-order valence-electron chi connectivity index (χ2n) is 3.95. The van der Waals surface area contributed by atoms with Crippen LogP contribution in [0.2, 0.25) is 0 Å². The Labute approximate surface area is 119 Å². The lowest BCUT2D eigenvalue weighted by atomic mass is 10.1. The van der Waals surface area contributed by atoms with Gasteiger partial charge < -0.3 is 14.9 Å². The summed E-state index contributed by atoms with van der Waals surface area (Å²) < 4.78 is 4.87. The predicted octanol–water partition coefficient (Wildman–Crippen LogP) is 2.16. The third-order valence-electron chi connectivity index (χ3n) is 2.61. The molecule has 0 aliphatic heterocycles. The van der Waals surface area contributed by atoms with Gasteiger partial charge in [0.2, 0.25) is 0 Å². The number of aliphatic imine (C=N–C) groups is 1. The van der Waals surface area contributed by atoms with E-state index in [0.29, 0.717) is 0 Å². The summed E-state index contributed by atoms with van der Waals surface area (Å²) in [4.78, 5) is 17.9. The van der Waals surface area contributed by atoms with Crippen LogP contribution in [0.5, 0.6) is 17.2 Å². The minimum atomic E-state index is -0.614. The second kappa shape index (κ2) is 5.87. The van der Waals surface area contributed by atoms with Gasteiger partial charge in [-0.2, -0.15) is 0 Å². The van der Waals surface area contributed by atoms with E-state index < -0.39 is 4.92 Å². The fraction of sp³-hybridized carbons (Fsp3) is 0.0769. The van der Waals surface area contributed by atoms with Gasteiger partial charge in [-0.15, -0.1) is 0 Å². The van der Waals surface area contributed by atoms with Crippen molar-refractivity contribution in [1.29, 1.82) is 0 Å². The first-order chi connectivity index (χ1) is 10.0. The summed E-state index contributed by atoms with van der Waals surface area (Å²) >= 11 is 0. The number of aromatic nitrogens is 1. The third-order valence-corrected chi connectivity index (χ3v) is 2.61. The normalized spacial score (nSPS) is 10.7. The van der Waals surface area contributed by atoms with Crippen molar-refractivity contribution in [2.75, 3.05) is 7.11 Å². The molecule has 0 bridgehead atoms. The average molecular weight is 289 g/mol. The number of phenols is 1. The number of benzene rings is 1. The molecule has 2 aromatic rings. The summed E-state index contributed by atoms with van der Waals surface area (Å²) in [6.07, 6.45) is 2.59. The maximum absolute atomic E-state index is 10.8. The lowest BCUT2D eigenvalue weighted by Gasteiger charge is -2.05. The highest BCUT2D eigenvalue weighted by Crippen LogP contribution is 2.34. The van der Waals surface area contributed by atoms with E-state index >= 15 is 0 Å². The second-order valence-corrected chi connectivity index (χ2v) is 3.95. The van der Waals surface area contributed by atoms with E-state index in [1.165, 1.54) is 25.4 Å². The fourth-order valence-electron chi connectivity index (χ4n) is 1.59. The lowest BCUT2D eigenvalue weighted by molar-refractivity contribution is -0.385. The van der Waals surface area contributed by atoms with Crippen molar-refractivity contribution in [2.24, 2.45) is 4.99 Å². The van der Waals surface area contributed by atoms with E-state index in [0.717, 1.165) is 18.3 Å². The van der Waals surface area contributed by atoms with Crippen molar-refractivity contribution < 1.29 is 19.9 Å². The summed E-state index contributed by atoms with van der Waals surface area (Å²) in [5.41, 5.74) is -0.178. The molecule has 0 saturated heterocycles. The van der Waals surface area contributed by atoms with Crippen LogP contribution in [0.3, 0.4) is 0 Å². The quantitative estimate of drug-likeness (QED) is 0.506. The van der Waals surface area contributed by atoms with Crippen LogP contribution in [0.1, 0.15) is 5.56 Å². The van der Waals surface area contributed by atoms with Crippen LogP contribution < -0.4 is 4.74 Å². The summed E-state index contributed by atoms with van der Waals surface area (Å²) in [5.74, 6) is -0.453. The smallest absolute Gasteiger partial charge is 0.274 e. The number of nitro groups is 1. The Hall–Kier alpha value is -3.16. The van der Waals surface area contributed by atoms with Crippen molar-refractivity contribution in [1.82, 2.24) is 4.98 Å². The maximum Gasteiger partial charge on any atom is 0.274 e.